The van der Waals surface area contributed by atoms with Crippen LogP contribution in [0, 0.1) is 0 Å². The van der Waals surface area contributed by atoms with Gasteiger partial charge >= 0.3 is 0 Å². The summed E-state index contributed by atoms with van der Waals surface area (Å²) in [6, 6.07) is 9.80. The number of halogens is 1. The number of amides is 1. The number of aromatic nitrogens is 2. The average molecular weight is 392 g/mol. The van der Waals surface area contributed by atoms with Crippen LogP contribution in [0.5, 0.6) is 0 Å². The van der Waals surface area contributed by atoms with Gasteiger partial charge in [-0.15, -0.1) is 0 Å². The molecule has 1 aliphatic rings. The first-order valence-electron chi connectivity index (χ1n) is 8.10. The van der Waals surface area contributed by atoms with Crippen LogP contribution < -0.4 is 4.90 Å². The van der Waals surface area contributed by atoms with Crippen molar-refractivity contribution in [3.05, 3.63) is 46.7 Å². The number of para-hydroxylation sites is 1. The summed E-state index contributed by atoms with van der Waals surface area (Å²) in [5, 5.41) is 4.40. The van der Waals surface area contributed by atoms with Crippen LogP contribution in [0.1, 0.15) is 37.6 Å². The summed E-state index contributed by atoms with van der Waals surface area (Å²) in [7, 11) is 0. The second-order valence-corrected chi connectivity index (χ2v) is 7.71. The molecule has 1 aromatic carbocycles. The number of carbonyl (C=O) groups excluding carboxylic acids is 1. The van der Waals surface area contributed by atoms with Crippen molar-refractivity contribution in [3.8, 4) is 0 Å². The van der Waals surface area contributed by atoms with Crippen molar-refractivity contribution in [1.82, 2.24) is 9.78 Å². The molecule has 3 rings (SSSR count). The molecule has 1 atom stereocenters. The first-order valence-corrected chi connectivity index (χ1v) is 8.89. The number of rotatable bonds is 3. The van der Waals surface area contributed by atoms with E-state index in [1.807, 2.05) is 39.9 Å². The summed E-state index contributed by atoms with van der Waals surface area (Å²) in [6.45, 7) is 7.41. The highest BCUT2D eigenvalue weighted by molar-refractivity contribution is 9.10. The molecule has 1 saturated heterocycles. The lowest BCUT2D eigenvalue weighted by Crippen LogP contribution is -2.41. The van der Waals surface area contributed by atoms with E-state index in [9.17, 15) is 4.79 Å². The maximum absolute atomic E-state index is 13.3. The predicted octanol–water partition coefficient (Wildman–Crippen LogP) is 3.84. The molecule has 1 unspecified atom stereocenters. The number of hydrogen-bond donors (Lipinski definition) is 0. The standard InChI is InChI=1S/C18H22BrN3O2/c1-18(2,3)22-16(19)15(11-20-22)17(23)21(14-9-10-24-12-14)13-7-5-4-6-8-13/h4-8,11,14H,9-10,12H2,1-3H3. The molecule has 1 amide bonds. The molecule has 5 nitrogen and oxygen atoms in total. The van der Waals surface area contributed by atoms with Gasteiger partial charge in [-0.3, -0.25) is 9.48 Å². The summed E-state index contributed by atoms with van der Waals surface area (Å²) in [5.41, 5.74) is 1.25. The minimum Gasteiger partial charge on any atom is -0.379 e. The van der Waals surface area contributed by atoms with Gasteiger partial charge in [-0.25, -0.2) is 0 Å². The zero-order valence-corrected chi connectivity index (χ0v) is 15.8. The van der Waals surface area contributed by atoms with Crippen LogP contribution >= 0.6 is 15.9 Å². The molecule has 2 heterocycles. The smallest absolute Gasteiger partial charge is 0.262 e. The summed E-state index contributed by atoms with van der Waals surface area (Å²) < 4.78 is 8.04. The zero-order chi connectivity index (χ0) is 17.3. The molecule has 2 aromatic rings. The van der Waals surface area contributed by atoms with E-state index in [2.05, 4.69) is 41.8 Å². The van der Waals surface area contributed by atoms with Crippen molar-refractivity contribution in [2.75, 3.05) is 18.1 Å². The molecule has 0 bridgehead atoms. The second-order valence-electron chi connectivity index (χ2n) is 6.96. The molecule has 1 aromatic heterocycles. The number of benzene rings is 1. The molecule has 24 heavy (non-hydrogen) atoms. The van der Waals surface area contributed by atoms with Gasteiger partial charge < -0.3 is 9.64 Å². The maximum atomic E-state index is 13.3. The van der Waals surface area contributed by atoms with Gasteiger partial charge in [0.05, 0.1) is 29.9 Å². The number of anilines is 1. The van der Waals surface area contributed by atoms with E-state index >= 15 is 0 Å². The summed E-state index contributed by atoms with van der Waals surface area (Å²) in [5.74, 6) is -0.0564. The van der Waals surface area contributed by atoms with Crippen LogP contribution in [0.4, 0.5) is 5.69 Å². The molecular formula is C18H22BrN3O2. The zero-order valence-electron chi connectivity index (χ0n) is 14.2. The lowest BCUT2D eigenvalue weighted by atomic mass is 10.1. The Labute approximate surface area is 150 Å². The first-order chi connectivity index (χ1) is 11.4. The third-order valence-corrected chi connectivity index (χ3v) is 4.86. The van der Waals surface area contributed by atoms with Crippen LogP contribution in [0.25, 0.3) is 0 Å². The number of ether oxygens (including phenoxy) is 1. The van der Waals surface area contributed by atoms with E-state index in [1.54, 1.807) is 6.20 Å². The van der Waals surface area contributed by atoms with Gasteiger partial charge in [-0.1, -0.05) is 18.2 Å². The highest BCUT2D eigenvalue weighted by Crippen LogP contribution is 2.29. The Bertz CT molecular complexity index is 716. The van der Waals surface area contributed by atoms with E-state index in [1.165, 1.54) is 0 Å². The van der Waals surface area contributed by atoms with Crippen molar-refractivity contribution >= 4 is 27.5 Å². The van der Waals surface area contributed by atoms with Crippen LogP contribution in [0.2, 0.25) is 0 Å². The molecule has 0 spiro atoms. The van der Waals surface area contributed by atoms with Crippen molar-refractivity contribution in [3.63, 3.8) is 0 Å². The molecule has 0 saturated carbocycles. The highest BCUT2D eigenvalue weighted by atomic mass is 79.9. The van der Waals surface area contributed by atoms with Crippen LogP contribution in [-0.2, 0) is 10.3 Å². The van der Waals surface area contributed by atoms with Gasteiger partial charge in [-0.05, 0) is 55.3 Å². The first kappa shape index (κ1) is 17.2. The second kappa shape index (κ2) is 6.69. The van der Waals surface area contributed by atoms with E-state index < -0.39 is 0 Å². The normalized spacial score (nSPS) is 17.9. The monoisotopic (exact) mass is 391 g/mol. The molecule has 1 fully saturated rings. The van der Waals surface area contributed by atoms with Gasteiger partial charge in [0.25, 0.3) is 5.91 Å². The topological polar surface area (TPSA) is 47.4 Å². The molecule has 128 valence electrons. The van der Waals surface area contributed by atoms with Crippen molar-refractivity contribution in [1.29, 1.82) is 0 Å². The fraction of sp³-hybridized carbons (Fsp3) is 0.444. The number of hydrogen-bond acceptors (Lipinski definition) is 3. The summed E-state index contributed by atoms with van der Waals surface area (Å²) >= 11 is 3.56. The third kappa shape index (κ3) is 3.26. The Hall–Kier alpha value is -1.66. The Morgan fingerprint density at radius 1 is 1.33 bits per heavy atom. The number of nitrogens with zero attached hydrogens (tertiary/aromatic N) is 3. The largest absolute Gasteiger partial charge is 0.379 e. The van der Waals surface area contributed by atoms with Crippen LogP contribution in [0.3, 0.4) is 0 Å². The van der Waals surface area contributed by atoms with Gasteiger partial charge in [0.1, 0.15) is 4.60 Å². The average Bonchev–Trinajstić information content (AvgIpc) is 3.17. The Morgan fingerprint density at radius 2 is 2.04 bits per heavy atom. The van der Waals surface area contributed by atoms with E-state index in [4.69, 9.17) is 4.74 Å². The summed E-state index contributed by atoms with van der Waals surface area (Å²) in [4.78, 5) is 15.1. The lowest BCUT2D eigenvalue weighted by molar-refractivity contribution is 0.0970. The molecule has 0 radical (unpaired) electrons. The third-order valence-electron chi connectivity index (χ3n) is 4.10. The fourth-order valence-electron chi connectivity index (χ4n) is 2.88. The van der Waals surface area contributed by atoms with Gasteiger partial charge in [-0.2, -0.15) is 5.10 Å². The highest BCUT2D eigenvalue weighted by Gasteiger charge is 2.32. The Morgan fingerprint density at radius 3 is 2.58 bits per heavy atom. The van der Waals surface area contributed by atoms with E-state index in [0.29, 0.717) is 23.4 Å². The minimum absolute atomic E-state index is 0.0461. The molecule has 0 aliphatic carbocycles. The van der Waals surface area contributed by atoms with Gasteiger partial charge in [0.2, 0.25) is 0 Å². The fourth-order valence-corrected chi connectivity index (χ4v) is 3.78. The van der Waals surface area contributed by atoms with Crippen molar-refractivity contribution < 1.29 is 9.53 Å². The van der Waals surface area contributed by atoms with Crippen molar-refractivity contribution in [2.45, 2.75) is 38.8 Å². The number of carbonyl (C=O) groups is 1. The van der Waals surface area contributed by atoms with E-state index in [-0.39, 0.29) is 17.5 Å². The lowest BCUT2D eigenvalue weighted by Gasteiger charge is -2.28. The van der Waals surface area contributed by atoms with E-state index in [0.717, 1.165) is 12.1 Å². The van der Waals surface area contributed by atoms with Crippen LogP contribution in [-0.4, -0.2) is 34.9 Å². The maximum Gasteiger partial charge on any atom is 0.262 e. The molecule has 6 heteroatoms. The predicted molar refractivity (Wildman–Crippen MR) is 97.4 cm³/mol. The Balaban J connectivity index is 1.99. The molecule has 1 aliphatic heterocycles. The Kier molecular flexibility index (Phi) is 4.78. The SMILES string of the molecule is CC(C)(C)n1ncc(C(=O)N(c2ccccc2)C2CCOC2)c1Br. The quantitative estimate of drug-likeness (QED) is 0.798. The minimum atomic E-state index is -0.203. The van der Waals surface area contributed by atoms with Gasteiger partial charge in [0, 0.05) is 12.3 Å². The van der Waals surface area contributed by atoms with Crippen molar-refractivity contribution in [2.24, 2.45) is 0 Å². The summed E-state index contributed by atoms with van der Waals surface area (Å²) in [6.07, 6.45) is 2.48. The van der Waals surface area contributed by atoms with Crippen LogP contribution in [0.15, 0.2) is 41.1 Å². The molecule has 0 N–H and O–H groups in total. The van der Waals surface area contributed by atoms with Gasteiger partial charge in [0.15, 0.2) is 0 Å². The molecular weight excluding hydrogens is 370 g/mol.